The summed E-state index contributed by atoms with van der Waals surface area (Å²) in [5.41, 5.74) is 1.54. The maximum absolute atomic E-state index is 11.3. The molecule has 0 aromatic heterocycles. The highest BCUT2D eigenvalue weighted by Crippen LogP contribution is 2.25. The third kappa shape index (κ3) is 1.48. The van der Waals surface area contributed by atoms with Gasteiger partial charge >= 0.3 is 0 Å². The van der Waals surface area contributed by atoms with E-state index < -0.39 is 6.10 Å². The van der Waals surface area contributed by atoms with E-state index in [4.69, 9.17) is 0 Å². The van der Waals surface area contributed by atoms with Gasteiger partial charge in [-0.25, -0.2) is 0 Å². The Kier molecular flexibility index (Phi) is 2.48. The molecule has 1 aliphatic carbocycles. The van der Waals surface area contributed by atoms with E-state index in [0.717, 1.165) is 12.0 Å². The zero-order chi connectivity index (χ0) is 9.30. The molecule has 0 radical (unpaired) electrons. The summed E-state index contributed by atoms with van der Waals surface area (Å²) in [7, 11) is 0. The van der Waals surface area contributed by atoms with E-state index in [-0.39, 0.29) is 11.7 Å². The molecule has 2 atom stereocenters. The Morgan fingerprint density at radius 1 is 1.75 bits per heavy atom. The highest BCUT2D eigenvalue weighted by atomic mass is 16.3. The molecule has 0 aromatic carbocycles. The number of aliphatic hydroxyl groups is 1. The van der Waals surface area contributed by atoms with Crippen molar-refractivity contribution in [2.24, 2.45) is 5.92 Å². The quantitative estimate of drug-likeness (QED) is 0.599. The standard InChI is InChI=1S/C10H14O2/c1-6(2)8-5-4-7(3)9(11)10(8)12/h4,8,10,12H,1,5H2,2-3H3/t8-,10+/m1/s1. The molecule has 0 saturated carbocycles. The van der Waals surface area contributed by atoms with Gasteiger partial charge in [0.05, 0.1) is 0 Å². The molecule has 0 amide bonds. The number of carbonyl (C=O) groups excluding carboxylic acids is 1. The van der Waals surface area contributed by atoms with Gasteiger partial charge in [0.2, 0.25) is 0 Å². The summed E-state index contributed by atoms with van der Waals surface area (Å²) in [6, 6.07) is 0. The molecular formula is C10H14O2. The van der Waals surface area contributed by atoms with Crippen LogP contribution in [-0.4, -0.2) is 17.0 Å². The molecule has 0 spiro atoms. The molecule has 0 heterocycles. The van der Waals surface area contributed by atoms with Crippen molar-refractivity contribution in [3.05, 3.63) is 23.8 Å². The van der Waals surface area contributed by atoms with E-state index in [0.29, 0.717) is 5.57 Å². The van der Waals surface area contributed by atoms with Gasteiger partial charge in [-0.1, -0.05) is 18.2 Å². The monoisotopic (exact) mass is 166 g/mol. The molecule has 1 N–H and O–H groups in total. The number of allylic oxidation sites excluding steroid dienone is 1. The van der Waals surface area contributed by atoms with Crippen LogP contribution in [0.3, 0.4) is 0 Å². The first-order chi connectivity index (χ1) is 5.54. The molecule has 0 bridgehead atoms. The van der Waals surface area contributed by atoms with Crippen LogP contribution < -0.4 is 0 Å². The molecule has 66 valence electrons. The first kappa shape index (κ1) is 9.20. The highest BCUT2D eigenvalue weighted by Gasteiger charge is 2.30. The van der Waals surface area contributed by atoms with Crippen molar-refractivity contribution in [1.29, 1.82) is 0 Å². The molecule has 1 rings (SSSR count). The summed E-state index contributed by atoms with van der Waals surface area (Å²) in [5.74, 6) is -0.240. The SMILES string of the molecule is C=C(C)[C@H]1CC=C(C)C(=O)[C@H]1O. The van der Waals surface area contributed by atoms with E-state index in [9.17, 15) is 9.90 Å². The minimum absolute atomic E-state index is 0.0822. The normalized spacial score (nSPS) is 29.9. The van der Waals surface area contributed by atoms with Crippen molar-refractivity contribution in [3.8, 4) is 0 Å². The third-order valence-electron chi connectivity index (χ3n) is 2.35. The molecular weight excluding hydrogens is 152 g/mol. The number of aliphatic hydroxyl groups excluding tert-OH is 1. The van der Waals surface area contributed by atoms with Crippen LogP contribution in [-0.2, 0) is 4.79 Å². The third-order valence-corrected chi connectivity index (χ3v) is 2.35. The van der Waals surface area contributed by atoms with Gasteiger partial charge in [-0.05, 0) is 25.8 Å². The Labute approximate surface area is 72.6 Å². The van der Waals surface area contributed by atoms with Gasteiger partial charge in [0.1, 0.15) is 6.10 Å². The largest absolute Gasteiger partial charge is 0.384 e. The Bertz CT molecular complexity index is 251. The molecule has 0 aliphatic heterocycles. The summed E-state index contributed by atoms with van der Waals surface area (Å²) >= 11 is 0. The van der Waals surface area contributed by atoms with Gasteiger partial charge in [0.15, 0.2) is 5.78 Å². The number of carbonyl (C=O) groups is 1. The summed E-state index contributed by atoms with van der Waals surface area (Å²) in [6.45, 7) is 7.33. The van der Waals surface area contributed by atoms with Crippen LogP contribution in [0, 0.1) is 5.92 Å². The number of Topliss-reactive ketones (excluding diaryl/α,β-unsaturated/α-hetero) is 1. The van der Waals surface area contributed by atoms with E-state index in [1.807, 2.05) is 13.0 Å². The maximum atomic E-state index is 11.3. The van der Waals surface area contributed by atoms with Crippen molar-refractivity contribution in [3.63, 3.8) is 0 Å². The predicted molar refractivity (Wildman–Crippen MR) is 47.7 cm³/mol. The van der Waals surface area contributed by atoms with Crippen LogP contribution in [0.15, 0.2) is 23.8 Å². The van der Waals surface area contributed by atoms with Crippen molar-refractivity contribution in [1.82, 2.24) is 0 Å². The molecule has 2 nitrogen and oxygen atoms in total. The molecule has 0 saturated heterocycles. The van der Waals surface area contributed by atoms with Crippen LogP contribution in [0.2, 0.25) is 0 Å². The fraction of sp³-hybridized carbons (Fsp3) is 0.500. The second-order valence-corrected chi connectivity index (χ2v) is 3.38. The van der Waals surface area contributed by atoms with Gasteiger partial charge in [0, 0.05) is 5.92 Å². The second kappa shape index (κ2) is 3.23. The summed E-state index contributed by atoms with van der Waals surface area (Å²) in [6.07, 6.45) is 1.73. The van der Waals surface area contributed by atoms with E-state index in [2.05, 4.69) is 6.58 Å². The van der Waals surface area contributed by atoms with Crippen LogP contribution in [0.25, 0.3) is 0 Å². The Hall–Kier alpha value is -0.890. The summed E-state index contributed by atoms with van der Waals surface area (Å²) < 4.78 is 0. The van der Waals surface area contributed by atoms with Crippen LogP contribution in [0.1, 0.15) is 20.3 Å². The first-order valence-corrected chi connectivity index (χ1v) is 4.08. The summed E-state index contributed by atoms with van der Waals surface area (Å²) in [5, 5.41) is 9.53. The van der Waals surface area contributed by atoms with Gasteiger partial charge in [-0.15, -0.1) is 0 Å². The lowest BCUT2D eigenvalue weighted by molar-refractivity contribution is -0.125. The van der Waals surface area contributed by atoms with Crippen LogP contribution in [0.5, 0.6) is 0 Å². The lowest BCUT2D eigenvalue weighted by Crippen LogP contribution is -2.33. The smallest absolute Gasteiger partial charge is 0.187 e. The van der Waals surface area contributed by atoms with Crippen molar-refractivity contribution < 1.29 is 9.90 Å². The maximum Gasteiger partial charge on any atom is 0.187 e. The van der Waals surface area contributed by atoms with E-state index in [1.54, 1.807) is 6.92 Å². The minimum atomic E-state index is -0.868. The predicted octanol–water partition coefficient (Wildman–Crippen LogP) is 1.46. The van der Waals surface area contributed by atoms with Crippen molar-refractivity contribution in [2.45, 2.75) is 26.4 Å². The average molecular weight is 166 g/mol. The molecule has 1 aliphatic rings. The Balaban J connectivity index is 2.87. The lowest BCUT2D eigenvalue weighted by atomic mass is 9.83. The Morgan fingerprint density at radius 3 is 2.83 bits per heavy atom. The zero-order valence-electron chi connectivity index (χ0n) is 7.50. The number of hydrogen-bond acceptors (Lipinski definition) is 2. The molecule has 0 aromatic rings. The number of ketones is 1. The van der Waals surface area contributed by atoms with E-state index >= 15 is 0 Å². The lowest BCUT2D eigenvalue weighted by Gasteiger charge is -2.25. The highest BCUT2D eigenvalue weighted by molar-refractivity contribution is 5.99. The molecule has 0 fully saturated rings. The van der Waals surface area contributed by atoms with Gasteiger partial charge < -0.3 is 5.11 Å². The van der Waals surface area contributed by atoms with Crippen molar-refractivity contribution >= 4 is 5.78 Å². The average Bonchev–Trinajstić information content (AvgIpc) is 2.00. The van der Waals surface area contributed by atoms with Crippen molar-refractivity contribution in [2.75, 3.05) is 0 Å². The number of rotatable bonds is 1. The first-order valence-electron chi connectivity index (χ1n) is 4.08. The summed E-state index contributed by atoms with van der Waals surface area (Å²) in [4.78, 5) is 11.3. The second-order valence-electron chi connectivity index (χ2n) is 3.38. The topological polar surface area (TPSA) is 37.3 Å². The van der Waals surface area contributed by atoms with Crippen LogP contribution >= 0.6 is 0 Å². The fourth-order valence-electron chi connectivity index (χ4n) is 1.42. The van der Waals surface area contributed by atoms with Crippen LogP contribution in [0.4, 0.5) is 0 Å². The Morgan fingerprint density at radius 2 is 2.33 bits per heavy atom. The molecule has 2 heteroatoms. The van der Waals surface area contributed by atoms with Gasteiger partial charge in [-0.2, -0.15) is 0 Å². The molecule has 12 heavy (non-hydrogen) atoms. The minimum Gasteiger partial charge on any atom is -0.384 e. The fourth-order valence-corrected chi connectivity index (χ4v) is 1.42. The molecule has 0 unspecified atom stereocenters. The van der Waals surface area contributed by atoms with Gasteiger partial charge in [-0.3, -0.25) is 4.79 Å². The van der Waals surface area contributed by atoms with Gasteiger partial charge in [0.25, 0.3) is 0 Å². The zero-order valence-corrected chi connectivity index (χ0v) is 7.50. The number of hydrogen-bond donors (Lipinski definition) is 1. The van der Waals surface area contributed by atoms with E-state index in [1.165, 1.54) is 0 Å².